The molecule has 0 spiro atoms. The van der Waals surface area contributed by atoms with Crippen LogP contribution < -0.4 is 4.90 Å². The van der Waals surface area contributed by atoms with Gasteiger partial charge in [0.05, 0.1) is 10.4 Å². The largest absolute Gasteiger partial charge is 0.338 e. The zero-order valence-electron chi connectivity index (χ0n) is 16.7. The second-order valence-corrected chi connectivity index (χ2v) is 9.14. The van der Waals surface area contributed by atoms with E-state index in [4.69, 9.17) is 4.98 Å². The molecule has 30 heavy (non-hydrogen) atoms. The van der Waals surface area contributed by atoms with Gasteiger partial charge in [-0.15, -0.1) is 21.5 Å². The van der Waals surface area contributed by atoms with Crippen LogP contribution in [0.4, 0.5) is 5.95 Å². The van der Waals surface area contributed by atoms with Crippen LogP contribution in [-0.4, -0.2) is 56.1 Å². The quantitative estimate of drug-likeness (QED) is 0.509. The van der Waals surface area contributed by atoms with Gasteiger partial charge in [0.1, 0.15) is 5.82 Å². The number of carbonyl (C=O) groups is 1. The lowest BCUT2D eigenvalue weighted by atomic mass is 10.2. The molecular weight excluding hydrogens is 396 g/mol. The molecule has 0 N–H and O–H groups in total. The molecule has 1 aromatic carbocycles. The Morgan fingerprint density at radius 1 is 1.10 bits per heavy atom. The molecule has 7 nitrogen and oxygen atoms in total. The third-order valence-corrected chi connectivity index (χ3v) is 6.96. The van der Waals surface area contributed by atoms with E-state index in [2.05, 4.69) is 32.5 Å². The molecule has 6 rings (SSSR count). The van der Waals surface area contributed by atoms with Crippen LogP contribution in [0, 0.1) is 0 Å². The summed E-state index contributed by atoms with van der Waals surface area (Å²) in [4.78, 5) is 23.0. The summed E-state index contributed by atoms with van der Waals surface area (Å²) in [6.45, 7) is 4.27. The molecule has 0 unspecified atom stereocenters. The van der Waals surface area contributed by atoms with E-state index in [1.807, 2.05) is 40.6 Å². The maximum atomic E-state index is 12.9. The van der Waals surface area contributed by atoms with E-state index in [1.165, 1.54) is 11.3 Å². The van der Waals surface area contributed by atoms with Gasteiger partial charge in [0.25, 0.3) is 5.91 Å². The monoisotopic (exact) mass is 418 g/mol. The van der Waals surface area contributed by atoms with Crippen LogP contribution in [0.25, 0.3) is 16.6 Å². The summed E-state index contributed by atoms with van der Waals surface area (Å²) in [5.74, 6) is 2.51. The summed E-state index contributed by atoms with van der Waals surface area (Å²) in [6.07, 6.45) is 2.32. The van der Waals surface area contributed by atoms with Crippen molar-refractivity contribution in [1.82, 2.24) is 24.5 Å². The fraction of sp³-hybridized carbons (Fsp3) is 0.364. The normalized spacial score (nSPS) is 19.7. The number of amides is 1. The van der Waals surface area contributed by atoms with Gasteiger partial charge in [-0.25, -0.2) is 9.38 Å². The van der Waals surface area contributed by atoms with E-state index in [0.29, 0.717) is 12.5 Å². The Bertz CT molecular complexity index is 1250. The van der Waals surface area contributed by atoms with E-state index in [0.717, 1.165) is 59.1 Å². The van der Waals surface area contributed by atoms with Gasteiger partial charge < -0.3 is 9.80 Å². The van der Waals surface area contributed by atoms with Crippen LogP contribution in [0.1, 0.15) is 41.2 Å². The van der Waals surface area contributed by atoms with Crippen LogP contribution in [0.3, 0.4) is 0 Å². The molecule has 8 heteroatoms. The second-order valence-electron chi connectivity index (χ2n) is 8.19. The Balaban J connectivity index is 1.39. The van der Waals surface area contributed by atoms with Crippen molar-refractivity contribution in [2.75, 3.05) is 24.5 Å². The first-order valence-electron chi connectivity index (χ1n) is 10.4. The molecule has 1 saturated carbocycles. The summed E-state index contributed by atoms with van der Waals surface area (Å²) in [5.41, 5.74) is 1.81. The molecule has 1 aliphatic heterocycles. The summed E-state index contributed by atoms with van der Waals surface area (Å²) in [5, 5.41) is 12.1. The van der Waals surface area contributed by atoms with Gasteiger partial charge in [-0.1, -0.05) is 18.2 Å². The highest BCUT2D eigenvalue weighted by Crippen LogP contribution is 2.40. The average Bonchev–Trinajstić information content (AvgIpc) is 3.27. The van der Waals surface area contributed by atoms with Crippen LogP contribution >= 0.6 is 11.3 Å². The highest BCUT2D eigenvalue weighted by atomic mass is 32.1. The topological polar surface area (TPSA) is 66.6 Å². The number of nitrogens with zero attached hydrogens (tertiary/aromatic N) is 6. The summed E-state index contributed by atoms with van der Waals surface area (Å²) < 4.78 is 2.16. The number of benzene rings is 1. The molecule has 0 bridgehead atoms. The van der Waals surface area contributed by atoms with Gasteiger partial charge in [-0.05, 0) is 43.3 Å². The minimum Gasteiger partial charge on any atom is -0.338 e. The Hall–Kier alpha value is -3.00. The SMILES string of the molecule is C[C@@H]1CN(c2nc3ccccc3c3nnc(C4CC4)n23)CCN1C(=O)c1cccs1. The first-order chi connectivity index (χ1) is 14.7. The molecule has 1 saturated heterocycles. The number of piperazine rings is 1. The standard InChI is InChI=1S/C22H22N6OS/c1-14-13-26(10-11-27(14)21(29)18-7-4-12-30-18)22-23-17-6-3-2-5-16(17)20-25-24-19(28(20)22)15-8-9-15/h2-7,12,14-15H,8-11,13H2,1H3/t14-/m1/s1. The maximum absolute atomic E-state index is 12.9. The third-order valence-electron chi connectivity index (χ3n) is 6.10. The Kier molecular flexibility index (Phi) is 4.02. The van der Waals surface area contributed by atoms with Crippen LogP contribution in [0.5, 0.6) is 0 Å². The number of rotatable bonds is 3. The number of anilines is 1. The van der Waals surface area contributed by atoms with Crippen LogP contribution in [0.15, 0.2) is 41.8 Å². The minimum absolute atomic E-state index is 0.0949. The molecule has 1 amide bonds. The predicted molar refractivity (Wildman–Crippen MR) is 117 cm³/mol. The average molecular weight is 419 g/mol. The van der Waals surface area contributed by atoms with Gasteiger partial charge in [-0.3, -0.25) is 4.79 Å². The van der Waals surface area contributed by atoms with Crippen molar-refractivity contribution in [3.63, 3.8) is 0 Å². The van der Waals surface area contributed by atoms with Crippen molar-refractivity contribution in [3.8, 4) is 0 Å². The van der Waals surface area contributed by atoms with E-state index in [9.17, 15) is 4.79 Å². The minimum atomic E-state index is 0.0949. The number of carbonyl (C=O) groups excluding carboxylic acids is 1. The number of fused-ring (bicyclic) bond motifs is 3. The molecule has 1 atom stereocenters. The number of para-hydroxylation sites is 1. The molecule has 1 aliphatic carbocycles. The molecular formula is C22H22N6OS. The highest BCUT2D eigenvalue weighted by Gasteiger charge is 2.34. The lowest BCUT2D eigenvalue weighted by Gasteiger charge is -2.40. The van der Waals surface area contributed by atoms with E-state index in [-0.39, 0.29) is 11.9 Å². The Labute approximate surface area is 178 Å². The van der Waals surface area contributed by atoms with E-state index >= 15 is 0 Å². The highest BCUT2D eigenvalue weighted by molar-refractivity contribution is 7.12. The van der Waals surface area contributed by atoms with Gasteiger partial charge in [-0.2, -0.15) is 0 Å². The van der Waals surface area contributed by atoms with E-state index < -0.39 is 0 Å². The summed E-state index contributed by atoms with van der Waals surface area (Å²) >= 11 is 1.50. The zero-order valence-corrected chi connectivity index (χ0v) is 17.5. The third kappa shape index (κ3) is 2.78. The van der Waals surface area contributed by atoms with Crippen molar-refractivity contribution >= 4 is 39.7 Å². The molecule has 152 valence electrons. The Morgan fingerprint density at radius 2 is 1.97 bits per heavy atom. The zero-order chi connectivity index (χ0) is 20.2. The number of hydrogen-bond donors (Lipinski definition) is 0. The van der Waals surface area contributed by atoms with Crippen LogP contribution in [-0.2, 0) is 0 Å². The van der Waals surface area contributed by atoms with Gasteiger partial charge in [0.2, 0.25) is 5.95 Å². The number of aromatic nitrogens is 4. The molecule has 0 radical (unpaired) electrons. The van der Waals surface area contributed by atoms with Crippen LogP contribution in [0.2, 0.25) is 0 Å². The maximum Gasteiger partial charge on any atom is 0.264 e. The van der Waals surface area contributed by atoms with Gasteiger partial charge in [0.15, 0.2) is 5.65 Å². The predicted octanol–water partition coefficient (Wildman–Crippen LogP) is 3.57. The van der Waals surface area contributed by atoms with E-state index in [1.54, 1.807) is 0 Å². The smallest absolute Gasteiger partial charge is 0.264 e. The van der Waals surface area contributed by atoms with Crippen molar-refractivity contribution in [1.29, 1.82) is 0 Å². The second kappa shape index (κ2) is 6.77. The first-order valence-corrected chi connectivity index (χ1v) is 11.3. The van der Waals surface area contributed by atoms with Gasteiger partial charge in [0, 0.05) is 37.0 Å². The lowest BCUT2D eigenvalue weighted by molar-refractivity contribution is 0.0678. The Morgan fingerprint density at radius 3 is 2.73 bits per heavy atom. The van der Waals surface area contributed by atoms with Crippen molar-refractivity contribution < 1.29 is 4.79 Å². The summed E-state index contributed by atoms with van der Waals surface area (Å²) in [6, 6.07) is 12.1. The summed E-state index contributed by atoms with van der Waals surface area (Å²) in [7, 11) is 0. The molecule has 3 aromatic heterocycles. The van der Waals surface area contributed by atoms with Crippen molar-refractivity contribution in [2.24, 2.45) is 0 Å². The molecule has 4 heterocycles. The molecule has 2 aliphatic rings. The number of thiophene rings is 1. The molecule has 2 fully saturated rings. The number of hydrogen-bond acceptors (Lipinski definition) is 6. The van der Waals surface area contributed by atoms with Crippen molar-refractivity contribution in [2.45, 2.75) is 31.7 Å². The fourth-order valence-electron chi connectivity index (χ4n) is 4.39. The van der Waals surface area contributed by atoms with Gasteiger partial charge >= 0.3 is 0 Å². The molecule has 4 aromatic rings. The fourth-order valence-corrected chi connectivity index (χ4v) is 5.07. The van der Waals surface area contributed by atoms with Crippen molar-refractivity contribution in [3.05, 3.63) is 52.5 Å². The lowest BCUT2D eigenvalue weighted by Crippen LogP contribution is -2.54. The first kappa shape index (κ1) is 17.8.